The second kappa shape index (κ2) is 6.12. The van der Waals surface area contributed by atoms with Crippen LogP contribution in [0.2, 0.25) is 0 Å². The molecule has 0 aliphatic carbocycles. The average Bonchev–Trinajstić information content (AvgIpc) is 2.76. The molecule has 0 saturated carbocycles. The Morgan fingerprint density at radius 2 is 2.11 bits per heavy atom. The first kappa shape index (κ1) is 14.0. The number of benzene rings is 1. The zero-order chi connectivity index (χ0) is 13.1. The second-order valence-electron chi connectivity index (χ2n) is 3.89. The van der Waals surface area contributed by atoms with E-state index >= 15 is 0 Å². The van der Waals surface area contributed by atoms with Crippen LogP contribution in [-0.2, 0) is 6.42 Å². The van der Waals surface area contributed by atoms with Crippen molar-refractivity contribution in [1.82, 2.24) is 10.2 Å². The lowest BCUT2D eigenvalue weighted by atomic mass is 10.1. The quantitative estimate of drug-likeness (QED) is 0.814. The van der Waals surface area contributed by atoms with E-state index in [-0.39, 0.29) is 6.04 Å². The summed E-state index contributed by atoms with van der Waals surface area (Å²) in [6.45, 7) is 4.19. The number of hydrogen-bond donors (Lipinski definition) is 1. The molecule has 0 spiro atoms. The van der Waals surface area contributed by atoms with Crippen LogP contribution in [0.25, 0.3) is 0 Å². The molecule has 0 aliphatic rings. The van der Waals surface area contributed by atoms with Crippen LogP contribution in [0.3, 0.4) is 0 Å². The van der Waals surface area contributed by atoms with Gasteiger partial charge in [-0.1, -0.05) is 56.2 Å². The molecule has 0 bridgehead atoms. The van der Waals surface area contributed by atoms with Gasteiger partial charge in [-0.2, -0.15) is 0 Å². The summed E-state index contributed by atoms with van der Waals surface area (Å²) in [5.74, 6) is 0. The largest absolute Gasteiger partial charge is 0.354 e. The van der Waals surface area contributed by atoms with Crippen LogP contribution >= 0.6 is 43.2 Å². The van der Waals surface area contributed by atoms with Gasteiger partial charge in [-0.3, -0.25) is 0 Å². The van der Waals surface area contributed by atoms with Gasteiger partial charge in [0.2, 0.25) is 5.13 Å². The molecule has 3 nitrogen and oxygen atoms in total. The molecule has 0 aliphatic heterocycles. The number of aryl methyl sites for hydroxylation is 1. The van der Waals surface area contributed by atoms with Crippen LogP contribution in [0.4, 0.5) is 5.13 Å². The first-order valence-electron chi connectivity index (χ1n) is 5.64. The molecule has 1 unspecified atom stereocenters. The van der Waals surface area contributed by atoms with Crippen molar-refractivity contribution in [3.05, 3.63) is 37.7 Å². The van der Waals surface area contributed by atoms with Gasteiger partial charge in [-0.05, 0) is 31.0 Å². The minimum absolute atomic E-state index is 0.185. The van der Waals surface area contributed by atoms with Crippen LogP contribution in [0.15, 0.2) is 27.1 Å². The lowest BCUT2D eigenvalue weighted by molar-refractivity contribution is 0.864. The number of nitrogens with zero attached hydrogens (tertiary/aromatic N) is 2. The zero-order valence-electron chi connectivity index (χ0n) is 10.1. The zero-order valence-corrected chi connectivity index (χ0v) is 14.1. The fraction of sp³-hybridized carbons (Fsp3) is 0.333. The Morgan fingerprint density at radius 3 is 2.72 bits per heavy atom. The summed E-state index contributed by atoms with van der Waals surface area (Å²) in [7, 11) is 0. The van der Waals surface area contributed by atoms with E-state index in [0.717, 1.165) is 25.5 Å². The number of anilines is 1. The minimum atomic E-state index is 0.185. The van der Waals surface area contributed by atoms with Crippen LogP contribution in [-0.4, -0.2) is 10.2 Å². The number of halogens is 2. The summed E-state index contributed by atoms with van der Waals surface area (Å²) in [6, 6.07) is 6.36. The number of aromatic nitrogens is 2. The Labute approximate surface area is 127 Å². The van der Waals surface area contributed by atoms with Crippen LogP contribution in [0, 0.1) is 0 Å². The van der Waals surface area contributed by atoms with E-state index in [2.05, 4.69) is 67.3 Å². The minimum Gasteiger partial charge on any atom is -0.354 e. The van der Waals surface area contributed by atoms with Gasteiger partial charge in [-0.25, -0.2) is 0 Å². The van der Waals surface area contributed by atoms with Crippen LogP contribution in [0.5, 0.6) is 0 Å². The van der Waals surface area contributed by atoms with Gasteiger partial charge < -0.3 is 5.32 Å². The maximum absolute atomic E-state index is 4.13. The van der Waals surface area contributed by atoms with E-state index in [0.29, 0.717) is 0 Å². The van der Waals surface area contributed by atoms with Gasteiger partial charge in [0.1, 0.15) is 5.01 Å². The Kier molecular flexibility index (Phi) is 4.75. The third kappa shape index (κ3) is 3.30. The summed E-state index contributed by atoms with van der Waals surface area (Å²) in [6.07, 6.45) is 0.926. The normalized spacial score (nSPS) is 12.4. The van der Waals surface area contributed by atoms with E-state index in [1.54, 1.807) is 11.3 Å². The van der Waals surface area contributed by atoms with Crippen LogP contribution in [0.1, 0.15) is 30.5 Å². The van der Waals surface area contributed by atoms with Gasteiger partial charge in [0.25, 0.3) is 0 Å². The van der Waals surface area contributed by atoms with Gasteiger partial charge in [-0.15, -0.1) is 10.2 Å². The van der Waals surface area contributed by atoms with Gasteiger partial charge >= 0.3 is 0 Å². The number of hydrogen-bond acceptors (Lipinski definition) is 4. The SMILES string of the molecule is CCc1nnc(NC(C)c2ccc(Br)cc2Br)s1. The Hall–Kier alpha value is -0.460. The maximum atomic E-state index is 4.13. The van der Waals surface area contributed by atoms with Crippen molar-refractivity contribution in [1.29, 1.82) is 0 Å². The lowest BCUT2D eigenvalue weighted by Gasteiger charge is -2.14. The molecule has 18 heavy (non-hydrogen) atoms. The fourth-order valence-corrected chi connectivity index (χ4v) is 3.73. The molecule has 1 atom stereocenters. The highest BCUT2D eigenvalue weighted by Crippen LogP contribution is 2.29. The monoisotopic (exact) mass is 389 g/mol. The summed E-state index contributed by atoms with van der Waals surface area (Å²) in [4.78, 5) is 0. The maximum Gasteiger partial charge on any atom is 0.206 e. The average molecular weight is 391 g/mol. The predicted molar refractivity (Wildman–Crippen MR) is 83.2 cm³/mol. The van der Waals surface area contributed by atoms with Crippen molar-refractivity contribution in [2.24, 2.45) is 0 Å². The topological polar surface area (TPSA) is 37.8 Å². The van der Waals surface area contributed by atoms with Crippen molar-refractivity contribution in [2.75, 3.05) is 5.32 Å². The molecule has 1 aromatic heterocycles. The predicted octanol–water partition coefficient (Wildman–Crippen LogP) is 4.80. The highest BCUT2D eigenvalue weighted by molar-refractivity contribution is 9.11. The molecule has 1 N–H and O–H groups in total. The van der Waals surface area contributed by atoms with Crippen molar-refractivity contribution < 1.29 is 0 Å². The molecule has 2 rings (SSSR count). The first-order chi connectivity index (χ1) is 8.60. The molecule has 6 heteroatoms. The molecular formula is C12H13Br2N3S. The third-order valence-corrected chi connectivity index (χ3v) is 4.72. The van der Waals surface area contributed by atoms with E-state index in [1.165, 1.54) is 5.56 Å². The van der Waals surface area contributed by atoms with Crippen molar-refractivity contribution in [3.63, 3.8) is 0 Å². The molecule has 2 aromatic rings. The van der Waals surface area contributed by atoms with Crippen molar-refractivity contribution in [3.8, 4) is 0 Å². The highest BCUT2D eigenvalue weighted by atomic mass is 79.9. The van der Waals surface area contributed by atoms with Crippen LogP contribution < -0.4 is 5.32 Å². The number of rotatable bonds is 4. The highest BCUT2D eigenvalue weighted by Gasteiger charge is 2.11. The summed E-state index contributed by atoms with van der Waals surface area (Å²) < 4.78 is 2.15. The Bertz CT molecular complexity index is 542. The third-order valence-electron chi connectivity index (χ3n) is 2.54. The van der Waals surface area contributed by atoms with Gasteiger partial charge in [0.15, 0.2) is 0 Å². The molecule has 1 aromatic carbocycles. The second-order valence-corrected chi connectivity index (χ2v) is 6.72. The molecule has 0 saturated heterocycles. The van der Waals surface area contributed by atoms with Crippen molar-refractivity contribution in [2.45, 2.75) is 26.3 Å². The standard InChI is InChI=1S/C12H13Br2N3S/c1-3-11-16-17-12(18-11)15-7(2)9-5-4-8(13)6-10(9)14/h4-7H,3H2,1-2H3,(H,15,17). The van der Waals surface area contributed by atoms with E-state index < -0.39 is 0 Å². The number of nitrogens with one attached hydrogen (secondary N) is 1. The van der Waals surface area contributed by atoms with Gasteiger partial charge in [0, 0.05) is 8.95 Å². The summed E-state index contributed by atoms with van der Waals surface area (Å²) >= 11 is 8.64. The van der Waals surface area contributed by atoms with E-state index in [4.69, 9.17) is 0 Å². The first-order valence-corrected chi connectivity index (χ1v) is 8.04. The molecule has 96 valence electrons. The molecule has 0 radical (unpaired) electrons. The smallest absolute Gasteiger partial charge is 0.206 e. The lowest BCUT2D eigenvalue weighted by Crippen LogP contribution is -2.07. The summed E-state index contributed by atoms with van der Waals surface area (Å²) in [5, 5.41) is 13.5. The Balaban J connectivity index is 2.13. The van der Waals surface area contributed by atoms with Crippen molar-refractivity contribution >= 4 is 48.3 Å². The van der Waals surface area contributed by atoms with Gasteiger partial charge in [0.05, 0.1) is 6.04 Å². The molecular weight excluding hydrogens is 378 g/mol. The molecule has 0 fully saturated rings. The van der Waals surface area contributed by atoms with E-state index in [9.17, 15) is 0 Å². The molecule has 0 amide bonds. The van der Waals surface area contributed by atoms with E-state index in [1.807, 2.05) is 12.1 Å². The molecule has 1 heterocycles. The Morgan fingerprint density at radius 1 is 1.33 bits per heavy atom. The fourth-order valence-electron chi connectivity index (χ4n) is 1.57. The summed E-state index contributed by atoms with van der Waals surface area (Å²) in [5.41, 5.74) is 1.20.